The van der Waals surface area contributed by atoms with Crippen molar-refractivity contribution in [1.82, 2.24) is 29.4 Å². The van der Waals surface area contributed by atoms with Crippen LogP contribution < -0.4 is 5.73 Å². The second kappa shape index (κ2) is 6.86. The quantitative estimate of drug-likeness (QED) is 0.482. The van der Waals surface area contributed by atoms with Gasteiger partial charge in [0.05, 0.1) is 27.6 Å². The Bertz CT molecular complexity index is 1300. The molecule has 0 saturated heterocycles. The summed E-state index contributed by atoms with van der Waals surface area (Å²) in [4.78, 5) is 20.2. The molecule has 0 spiro atoms. The number of aromatic nitrogens is 5. The van der Waals surface area contributed by atoms with Gasteiger partial charge >= 0.3 is 0 Å². The number of nitrogen functional groups attached to an aromatic ring is 1. The Labute approximate surface area is 168 Å². The number of imidazole rings is 1. The molecule has 0 amide bonds. The summed E-state index contributed by atoms with van der Waals surface area (Å²) >= 11 is 0. The van der Waals surface area contributed by atoms with Crippen LogP contribution in [0, 0.1) is 0 Å². The van der Waals surface area contributed by atoms with Gasteiger partial charge < -0.3 is 20.2 Å². The van der Waals surface area contributed by atoms with Crippen LogP contribution in [0.4, 0.5) is 5.82 Å². The summed E-state index contributed by atoms with van der Waals surface area (Å²) in [6.07, 6.45) is 0.967. The zero-order valence-corrected chi connectivity index (χ0v) is 16.6. The van der Waals surface area contributed by atoms with Crippen molar-refractivity contribution in [3.8, 4) is 11.4 Å². The van der Waals surface area contributed by atoms with E-state index in [1.165, 1.54) is 0 Å². The molecule has 7 nitrogen and oxygen atoms in total. The first-order chi connectivity index (χ1) is 14.1. The Morgan fingerprint density at radius 2 is 1.62 bits per heavy atom. The van der Waals surface area contributed by atoms with Gasteiger partial charge in [-0.3, -0.25) is 0 Å². The molecule has 29 heavy (non-hydrogen) atoms. The smallest absolute Gasteiger partial charge is 0.161 e. The molecule has 0 saturated carbocycles. The second-order valence-corrected chi connectivity index (χ2v) is 7.56. The summed E-state index contributed by atoms with van der Waals surface area (Å²) in [5.41, 5.74) is 12.7. The molecular weight excluding hydrogens is 362 g/mol. The van der Waals surface area contributed by atoms with Crippen LogP contribution in [0.25, 0.3) is 44.6 Å². The lowest BCUT2D eigenvalue weighted by Crippen LogP contribution is -2.15. The average Bonchev–Trinajstić information content (AvgIpc) is 3.24. The summed E-state index contributed by atoms with van der Waals surface area (Å²) in [5.74, 6) is 1.37. The zero-order valence-electron chi connectivity index (χ0n) is 16.6. The largest absolute Gasteiger partial charge is 0.384 e. The molecule has 0 aliphatic heterocycles. The van der Waals surface area contributed by atoms with Gasteiger partial charge in [0.1, 0.15) is 17.2 Å². The molecule has 2 aromatic carbocycles. The fourth-order valence-corrected chi connectivity index (χ4v) is 3.79. The van der Waals surface area contributed by atoms with Crippen molar-refractivity contribution in [2.45, 2.75) is 13.0 Å². The SMILES string of the molecule is CN(C)CCCn1c(N)c(-c2nc3ccccc3[nH]2)c2nc3ccccc3nc21. The molecule has 7 heteroatoms. The maximum atomic E-state index is 6.66. The Kier molecular flexibility index (Phi) is 4.17. The normalized spacial score (nSPS) is 12.0. The topological polar surface area (TPSA) is 88.6 Å². The minimum Gasteiger partial charge on any atom is -0.384 e. The van der Waals surface area contributed by atoms with E-state index in [0.29, 0.717) is 5.82 Å². The first kappa shape index (κ1) is 17.6. The van der Waals surface area contributed by atoms with Crippen LogP contribution in [0.15, 0.2) is 48.5 Å². The maximum Gasteiger partial charge on any atom is 0.161 e. The monoisotopic (exact) mass is 385 g/mol. The summed E-state index contributed by atoms with van der Waals surface area (Å²) in [7, 11) is 4.15. The highest BCUT2D eigenvalue weighted by molar-refractivity contribution is 6.01. The Balaban J connectivity index is 1.75. The molecule has 5 rings (SSSR count). The van der Waals surface area contributed by atoms with Gasteiger partial charge in [0.2, 0.25) is 0 Å². The number of aromatic amines is 1. The van der Waals surface area contributed by atoms with Gasteiger partial charge in [-0.05, 0) is 51.3 Å². The Morgan fingerprint density at radius 1 is 0.931 bits per heavy atom. The number of para-hydroxylation sites is 4. The van der Waals surface area contributed by atoms with Crippen molar-refractivity contribution in [2.75, 3.05) is 26.4 Å². The van der Waals surface area contributed by atoms with Gasteiger partial charge in [-0.15, -0.1) is 0 Å². The number of nitrogens with two attached hydrogens (primary N) is 1. The van der Waals surface area contributed by atoms with E-state index in [-0.39, 0.29) is 0 Å². The molecule has 0 bridgehead atoms. The number of rotatable bonds is 5. The van der Waals surface area contributed by atoms with Gasteiger partial charge in [-0.1, -0.05) is 24.3 Å². The molecule has 0 aliphatic rings. The van der Waals surface area contributed by atoms with E-state index in [1.54, 1.807) is 0 Å². The summed E-state index contributed by atoms with van der Waals surface area (Å²) in [5, 5.41) is 0. The molecule has 0 atom stereocenters. The van der Waals surface area contributed by atoms with Crippen LogP contribution >= 0.6 is 0 Å². The molecular formula is C22H23N7. The third-order valence-corrected chi connectivity index (χ3v) is 5.20. The third kappa shape index (κ3) is 3.00. The van der Waals surface area contributed by atoms with Crippen molar-refractivity contribution >= 4 is 39.0 Å². The summed E-state index contributed by atoms with van der Waals surface area (Å²) in [6, 6.07) is 15.9. The summed E-state index contributed by atoms with van der Waals surface area (Å²) in [6.45, 7) is 1.74. The van der Waals surface area contributed by atoms with Crippen LogP contribution in [0.2, 0.25) is 0 Å². The van der Waals surface area contributed by atoms with E-state index in [4.69, 9.17) is 20.7 Å². The third-order valence-electron chi connectivity index (χ3n) is 5.20. The fraction of sp³-hybridized carbons (Fsp3) is 0.227. The number of H-pyrrole nitrogens is 1. The number of nitrogens with zero attached hydrogens (tertiary/aromatic N) is 5. The Hall–Kier alpha value is -3.45. The van der Waals surface area contributed by atoms with Gasteiger partial charge in [-0.2, -0.15) is 0 Å². The van der Waals surface area contributed by atoms with Gasteiger partial charge in [0.25, 0.3) is 0 Å². The highest BCUT2D eigenvalue weighted by atomic mass is 15.1. The predicted octanol–water partition coefficient (Wildman–Crippen LogP) is 3.66. The molecule has 146 valence electrons. The Morgan fingerprint density at radius 3 is 2.34 bits per heavy atom. The van der Waals surface area contributed by atoms with Crippen LogP contribution in [-0.4, -0.2) is 50.0 Å². The van der Waals surface area contributed by atoms with Crippen molar-refractivity contribution in [1.29, 1.82) is 0 Å². The van der Waals surface area contributed by atoms with E-state index < -0.39 is 0 Å². The van der Waals surface area contributed by atoms with Crippen LogP contribution in [0.5, 0.6) is 0 Å². The number of hydrogen-bond acceptors (Lipinski definition) is 5. The van der Waals surface area contributed by atoms with E-state index in [0.717, 1.165) is 64.1 Å². The van der Waals surface area contributed by atoms with Crippen molar-refractivity contribution in [2.24, 2.45) is 0 Å². The molecule has 0 unspecified atom stereocenters. The minimum atomic E-state index is 0.646. The molecule has 5 aromatic rings. The van der Waals surface area contributed by atoms with E-state index >= 15 is 0 Å². The molecule has 3 N–H and O–H groups in total. The number of anilines is 1. The van der Waals surface area contributed by atoms with Crippen molar-refractivity contribution < 1.29 is 0 Å². The molecule has 3 heterocycles. The lowest BCUT2D eigenvalue weighted by Gasteiger charge is -2.11. The average molecular weight is 385 g/mol. The lowest BCUT2D eigenvalue weighted by atomic mass is 10.2. The minimum absolute atomic E-state index is 0.646. The highest BCUT2D eigenvalue weighted by Crippen LogP contribution is 2.35. The molecule has 3 aromatic heterocycles. The standard InChI is InChI=1S/C22H23N7/c1-28(2)12-7-13-29-20(23)18(21-25-15-9-4-5-10-16(15)26-21)19-22(29)27-17-11-6-3-8-14(17)24-19/h3-6,8-11H,7,12-13,23H2,1-2H3,(H,25,26). The van der Waals surface area contributed by atoms with Crippen LogP contribution in [0.1, 0.15) is 6.42 Å². The number of aryl methyl sites for hydroxylation is 1. The van der Waals surface area contributed by atoms with Crippen molar-refractivity contribution in [3.63, 3.8) is 0 Å². The molecule has 0 fully saturated rings. The van der Waals surface area contributed by atoms with E-state index in [1.807, 2.05) is 48.5 Å². The van der Waals surface area contributed by atoms with Gasteiger partial charge in [0, 0.05) is 6.54 Å². The van der Waals surface area contributed by atoms with Crippen LogP contribution in [-0.2, 0) is 6.54 Å². The maximum absolute atomic E-state index is 6.66. The van der Waals surface area contributed by atoms with Crippen molar-refractivity contribution in [3.05, 3.63) is 48.5 Å². The first-order valence-corrected chi connectivity index (χ1v) is 9.76. The van der Waals surface area contributed by atoms with E-state index in [9.17, 15) is 0 Å². The highest BCUT2D eigenvalue weighted by Gasteiger charge is 2.22. The first-order valence-electron chi connectivity index (χ1n) is 9.76. The number of benzene rings is 2. The second-order valence-electron chi connectivity index (χ2n) is 7.56. The molecule has 0 radical (unpaired) electrons. The fourth-order valence-electron chi connectivity index (χ4n) is 3.79. The summed E-state index contributed by atoms with van der Waals surface area (Å²) < 4.78 is 2.07. The van der Waals surface area contributed by atoms with E-state index in [2.05, 4.69) is 28.5 Å². The number of hydrogen-bond donors (Lipinski definition) is 2. The number of fused-ring (bicyclic) bond motifs is 3. The van der Waals surface area contributed by atoms with Gasteiger partial charge in [0.15, 0.2) is 5.65 Å². The molecule has 0 aliphatic carbocycles. The van der Waals surface area contributed by atoms with Crippen LogP contribution in [0.3, 0.4) is 0 Å². The van der Waals surface area contributed by atoms with Gasteiger partial charge in [-0.25, -0.2) is 15.0 Å². The zero-order chi connectivity index (χ0) is 20.0. The number of nitrogens with one attached hydrogen (secondary N) is 1. The predicted molar refractivity (Wildman–Crippen MR) is 118 cm³/mol. The lowest BCUT2D eigenvalue weighted by molar-refractivity contribution is 0.388.